The molecule has 0 aliphatic carbocycles. The zero-order valence-electron chi connectivity index (χ0n) is 10.9. The number of pyridine rings is 1. The molecule has 0 aliphatic rings. The highest BCUT2D eigenvalue weighted by Gasteiger charge is 2.13. The second-order valence-corrected chi connectivity index (χ2v) is 5.20. The van der Waals surface area contributed by atoms with E-state index in [0.29, 0.717) is 5.56 Å². The van der Waals surface area contributed by atoms with E-state index in [9.17, 15) is 19.7 Å². The second-order valence-electron chi connectivity index (χ2n) is 4.34. The van der Waals surface area contributed by atoms with E-state index in [2.05, 4.69) is 15.9 Å². The van der Waals surface area contributed by atoms with Crippen LogP contribution in [0, 0.1) is 10.1 Å². The third-order valence-corrected chi connectivity index (χ3v) is 3.48. The quantitative estimate of drug-likeness (QED) is 0.471. The van der Waals surface area contributed by atoms with E-state index in [0.717, 1.165) is 12.3 Å². The number of benzene rings is 1. The molecule has 1 heterocycles. The molecule has 0 aliphatic heterocycles. The van der Waals surface area contributed by atoms with E-state index in [1.165, 1.54) is 4.57 Å². The molecule has 0 radical (unpaired) electrons. The Kier molecular flexibility index (Phi) is 4.64. The van der Waals surface area contributed by atoms with E-state index in [-0.39, 0.29) is 28.9 Å². The van der Waals surface area contributed by atoms with Crippen LogP contribution >= 0.6 is 15.9 Å². The summed E-state index contributed by atoms with van der Waals surface area (Å²) in [4.78, 5) is 34.0. The maximum Gasteiger partial charge on any atom is 0.286 e. The Morgan fingerprint density at radius 2 is 1.95 bits per heavy atom. The number of hydrogen-bond acceptors (Lipinski definition) is 4. The summed E-state index contributed by atoms with van der Waals surface area (Å²) in [6.45, 7) is 0.0901. The Hall–Kier alpha value is -2.28. The lowest BCUT2D eigenvalue weighted by atomic mass is 10.1. The fourth-order valence-electron chi connectivity index (χ4n) is 1.84. The largest absolute Gasteiger partial charge is 0.307 e. The summed E-state index contributed by atoms with van der Waals surface area (Å²) in [5, 5.41) is 10.8. The van der Waals surface area contributed by atoms with Crippen molar-refractivity contribution in [1.82, 2.24) is 4.57 Å². The Balaban J connectivity index is 2.19. The smallest absolute Gasteiger partial charge is 0.286 e. The van der Waals surface area contributed by atoms with Crippen LogP contribution in [-0.2, 0) is 6.54 Å². The van der Waals surface area contributed by atoms with E-state index in [4.69, 9.17) is 0 Å². The molecular formula is C14H11BrN2O4. The number of Topliss-reactive ketones (excluding diaryl/α,β-unsaturated/α-hetero) is 1. The first-order valence-corrected chi connectivity index (χ1v) is 6.91. The number of rotatable bonds is 5. The van der Waals surface area contributed by atoms with E-state index >= 15 is 0 Å². The Morgan fingerprint density at radius 1 is 1.29 bits per heavy atom. The lowest BCUT2D eigenvalue weighted by Crippen LogP contribution is -2.22. The van der Waals surface area contributed by atoms with Gasteiger partial charge >= 0.3 is 0 Å². The van der Waals surface area contributed by atoms with Crippen molar-refractivity contribution in [2.24, 2.45) is 0 Å². The van der Waals surface area contributed by atoms with E-state index in [1.54, 1.807) is 30.3 Å². The average molecular weight is 351 g/mol. The van der Waals surface area contributed by atoms with Gasteiger partial charge in [0.05, 0.1) is 15.6 Å². The van der Waals surface area contributed by atoms with E-state index < -0.39 is 10.5 Å². The Morgan fingerprint density at radius 3 is 2.57 bits per heavy atom. The topological polar surface area (TPSA) is 82.2 Å². The summed E-state index contributed by atoms with van der Waals surface area (Å²) in [5.74, 6) is -0.120. The van der Waals surface area contributed by atoms with Crippen LogP contribution in [0.15, 0.2) is 51.9 Å². The molecule has 1 aromatic carbocycles. The number of aromatic nitrogens is 1. The normalized spacial score (nSPS) is 10.3. The minimum Gasteiger partial charge on any atom is -0.307 e. The van der Waals surface area contributed by atoms with Crippen molar-refractivity contribution < 1.29 is 9.72 Å². The molecule has 1 aromatic heterocycles. The van der Waals surface area contributed by atoms with Crippen LogP contribution in [0.2, 0.25) is 0 Å². The molecule has 0 N–H and O–H groups in total. The van der Waals surface area contributed by atoms with Crippen LogP contribution < -0.4 is 5.56 Å². The van der Waals surface area contributed by atoms with Crippen LogP contribution in [0.25, 0.3) is 0 Å². The lowest BCUT2D eigenvalue weighted by molar-refractivity contribution is -0.385. The number of hydrogen-bond donors (Lipinski definition) is 0. The highest BCUT2D eigenvalue weighted by Crippen LogP contribution is 2.14. The molecule has 6 nitrogen and oxygen atoms in total. The second kappa shape index (κ2) is 6.45. The van der Waals surface area contributed by atoms with E-state index in [1.807, 2.05) is 0 Å². The first-order valence-electron chi connectivity index (χ1n) is 6.11. The van der Waals surface area contributed by atoms with Gasteiger partial charge in [-0.2, -0.15) is 0 Å². The summed E-state index contributed by atoms with van der Waals surface area (Å²) in [6, 6.07) is 9.84. The summed E-state index contributed by atoms with van der Waals surface area (Å²) in [6.07, 6.45) is 1.24. The average Bonchev–Trinajstić information content (AvgIpc) is 2.49. The van der Waals surface area contributed by atoms with Gasteiger partial charge in [0.25, 0.3) is 11.2 Å². The molecule has 0 saturated heterocycles. The third kappa shape index (κ3) is 3.63. The van der Waals surface area contributed by atoms with Crippen molar-refractivity contribution in [3.8, 4) is 0 Å². The molecule has 0 saturated carbocycles. The fourth-order valence-corrected chi connectivity index (χ4v) is 2.30. The number of ketones is 1. The molecule has 0 amide bonds. The minimum absolute atomic E-state index is 0.0901. The molecule has 0 bridgehead atoms. The molecular weight excluding hydrogens is 340 g/mol. The molecule has 2 rings (SSSR count). The van der Waals surface area contributed by atoms with Gasteiger partial charge in [-0.1, -0.05) is 30.3 Å². The summed E-state index contributed by atoms with van der Waals surface area (Å²) in [5.41, 5.74) is -0.0508. The van der Waals surface area contributed by atoms with Gasteiger partial charge in [-0.3, -0.25) is 19.7 Å². The number of halogens is 1. The standard InChI is InChI=1S/C14H11BrN2O4/c15-12-8-11(17(20)21)9-16(14(12)19)7-6-13(18)10-4-2-1-3-5-10/h1-5,8-9H,6-7H2. The maximum atomic E-state index is 12.0. The molecule has 0 spiro atoms. The molecule has 7 heteroatoms. The van der Waals surface area contributed by atoms with Crippen molar-refractivity contribution >= 4 is 27.4 Å². The zero-order chi connectivity index (χ0) is 15.4. The summed E-state index contributed by atoms with van der Waals surface area (Å²) in [7, 11) is 0. The molecule has 0 fully saturated rings. The Labute approximate surface area is 128 Å². The van der Waals surface area contributed by atoms with Crippen LogP contribution in [-0.4, -0.2) is 15.3 Å². The molecule has 108 valence electrons. The molecule has 21 heavy (non-hydrogen) atoms. The highest BCUT2D eigenvalue weighted by molar-refractivity contribution is 9.10. The van der Waals surface area contributed by atoms with Crippen molar-refractivity contribution in [2.45, 2.75) is 13.0 Å². The fraction of sp³-hybridized carbons (Fsp3) is 0.143. The van der Waals surface area contributed by atoms with Crippen molar-refractivity contribution in [3.63, 3.8) is 0 Å². The predicted octanol–water partition coefficient (Wildman–Crippen LogP) is 2.79. The van der Waals surface area contributed by atoms with Crippen molar-refractivity contribution in [2.75, 3.05) is 0 Å². The number of nitro groups is 1. The molecule has 2 aromatic rings. The number of carbonyl (C=O) groups is 1. The number of nitrogens with zero attached hydrogens (tertiary/aromatic N) is 2. The first-order chi connectivity index (χ1) is 9.99. The minimum atomic E-state index is -0.584. The van der Waals surface area contributed by atoms with Crippen LogP contribution in [0.3, 0.4) is 0 Å². The Bertz CT molecular complexity index is 740. The van der Waals surface area contributed by atoms with Crippen LogP contribution in [0.4, 0.5) is 5.69 Å². The van der Waals surface area contributed by atoms with Gasteiger partial charge in [0.1, 0.15) is 0 Å². The van der Waals surface area contributed by atoms with Crippen LogP contribution in [0.5, 0.6) is 0 Å². The van der Waals surface area contributed by atoms with Gasteiger partial charge in [0, 0.05) is 24.6 Å². The van der Waals surface area contributed by atoms with Gasteiger partial charge in [0.15, 0.2) is 5.78 Å². The SMILES string of the molecule is O=C(CCn1cc([N+](=O)[O-])cc(Br)c1=O)c1ccccc1. The van der Waals surface area contributed by atoms with Gasteiger partial charge in [-0.15, -0.1) is 0 Å². The van der Waals surface area contributed by atoms with Crippen LogP contribution in [0.1, 0.15) is 16.8 Å². The predicted molar refractivity (Wildman–Crippen MR) is 80.4 cm³/mol. The van der Waals surface area contributed by atoms with Gasteiger partial charge in [0.2, 0.25) is 0 Å². The number of carbonyl (C=O) groups excluding carboxylic acids is 1. The monoisotopic (exact) mass is 350 g/mol. The molecule has 0 atom stereocenters. The van der Waals surface area contributed by atoms with Crippen molar-refractivity contribution in [3.05, 3.63) is 73.1 Å². The molecule has 0 unspecified atom stereocenters. The van der Waals surface area contributed by atoms with Gasteiger partial charge in [-0.25, -0.2) is 0 Å². The van der Waals surface area contributed by atoms with Gasteiger partial charge in [-0.05, 0) is 15.9 Å². The van der Waals surface area contributed by atoms with Gasteiger partial charge < -0.3 is 4.57 Å². The number of aryl methyl sites for hydroxylation is 1. The van der Waals surface area contributed by atoms with Crippen molar-refractivity contribution in [1.29, 1.82) is 0 Å². The first kappa shape index (κ1) is 15.1. The maximum absolute atomic E-state index is 12.0. The highest BCUT2D eigenvalue weighted by atomic mass is 79.9. The third-order valence-electron chi connectivity index (χ3n) is 2.91. The summed E-state index contributed by atoms with van der Waals surface area (Å²) < 4.78 is 1.27. The lowest BCUT2D eigenvalue weighted by Gasteiger charge is -2.06. The summed E-state index contributed by atoms with van der Waals surface area (Å²) >= 11 is 2.99. The zero-order valence-corrected chi connectivity index (χ0v) is 12.4.